The van der Waals surface area contributed by atoms with Crippen molar-refractivity contribution in [2.45, 2.75) is 76.5 Å². The number of hydrogen-bond acceptors (Lipinski definition) is 1. The molecule has 1 aromatic heterocycles. The molecule has 1 heteroatoms. The van der Waals surface area contributed by atoms with Crippen molar-refractivity contribution in [3.8, 4) is 0 Å². The van der Waals surface area contributed by atoms with Gasteiger partial charge in [0.05, 0.1) is 0 Å². The molecule has 0 saturated heterocycles. The second kappa shape index (κ2) is 7.17. The summed E-state index contributed by atoms with van der Waals surface area (Å²) in [7, 11) is 0. The van der Waals surface area contributed by atoms with Gasteiger partial charge in [0.2, 0.25) is 0 Å². The third kappa shape index (κ3) is 2.03. The molecule has 18 rings (SSSR count). The van der Waals surface area contributed by atoms with Gasteiger partial charge in [0, 0.05) is 15.7 Å². The number of rotatable bonds is 4. The Morgan fingerprint density at radius 2 is 1.12 bits per heavy atom. The smallest absolute Gasteiger partial charge is 0.0184 e. The quantitative estimate of drug-likeness (QED) is 0.281. The van der Waals surface area contributed by atoms with Crippen LogP contribution in [0, 0.1) is 177 Å². The second-order valence-electron chi connectivity index (χ2n) is 24.0. The van der Waals surface area contributed by atoms with E-state index in [0.717, 1.165) is 65.1 Å². The number of hydrogen-bond donors (Lipinski definition) is 0. The van der Waals surface area contributed by atoms with E-state index in [0.29, 0.717) is 10.8 Å². The lowest BCUT2D eigenvalue weighted by Gasteiger charge is -2.62. The summed E-state index contributed by atoms with van der Waals surface area (Å²) in [6, 6.07) is 5.20. The van der Waals surface area contributed by atoms with Gasteiger partial charge < -0.3 is 0 Å². The zero-order chi connectivity index (χ0) is 30.5. The van der Waals surface area contributed by atoms with Crippen LogP contribution in [0.5, 0.6) is 0 Å². The lowest BCUT2D eigenvalue weighted by atomic mass is 9.42. The highest BCUT2D eigenvalue weighted by Gasteiger charge is 2.94. The van der Waals surface area contributed by atoms with E-state index >= 15 is 0 Å². The molecule has 1 aromatic rings. The van der Waals surface area contributed by atoms with Crippen LogP contribution in [0.15, 0.2) is 29.2 Å². The van der Waals surface area contributed by atoms with E-state index in [2.05, 4.69) is 47.4 Å². The monoisotopic (exact) mass is 664 g/mol. The van der Waals surface area contributed by atoms with Crippen molar-refractivity contribution in [3.63, 3.8) is 0 Å². The lowest BCUT2D eigenvalue weighted by Crippen LogP contribution is -2.59. The third-order valence-electron chi connectivity index (χ3n) is 25.2. The van der Waals surface area contributed by atoms with Crippen molar-refractivity contribution < 1.29 is 0 Å². The van der Waals surface area contributed by atoms with Gasteiger partial charge in [-0.3, -0.25) is 0 Å². The van der Waals surface area contributed by atoms with E-state index in [-0.39, 0.29) is 0 Å². The first-order chi connectivity index (χ1) is 24.3. The first-order valence-corrected chi connectivity index (χ1v) is 23.9. The molecule has 16 fully saturated rings. The van der Waals surface area contributed by atoms with Crippen LogP contribution in [0.4, 0.5) is 0 Å². The van der Waals surface area contributed by atoms with Crippen molar-refractivity contribution in [1.82, 2.24) is 0 Å². The Morgan fingerprint density at radius 1 is 0.592 bits per heavy atom. The summed E-state index contributed by atoms with van der Waals surface area (Å²) in [6.45, 7) is 2.52. The third-order valence-corrected chi connectivity index (χ3v) is 26.2. The highest BCUT2D eigenvalue weighted by atomic mass is 32.1. The fraction of sp³-hybridized carbons (Fsp3) is 0.875. The van der Waals surface area contributed by atoms with E-state index in [1.54, 1.807) is 44.9 Å². The van der Waals surface area contributed by atoms with E-state index in [1.807, 2.05) is 4.88 Å². The molecule has 0 aromatic carbocycles. The molecule has 16 saturated carbocycles. The number of unbranched alkanes of at least 4 members (excludes halogenated alkanes) is 1. The topological polar surface area (TPSA) is 0 Å². The normalized spacial score (nSPS) is 78.1. The van der Waals surface area contributed by atoms with E-state index in [4.69, 9.17) is 0 Å². The Labute approximate surface area is 297 Å². The maximum absolute atomic E-state index is 3.31. The van der Waals surface area contributed by atoms with Crippen molar-refractivity contribution in [3.05, 3.63) is 34.0 Å². The second-order valence-corrected chi connectivity index (χ2v) is 25.0. The molecule has 0 bridgehead atoms. The standard InChI is InChI=1S/C48H56S/c1-2-3-6-47(24-5-4-7-49-24)46-23-14-21-12-18-10-19-9-16-8-17-11-20-13-22-15-48(46,47)45-31(22)36-30(20)35-26(17)25(16)33-29(19)34-27(18)28(21)37-32(23)44(45)43-41(36)39(35)38(33)40(34)42(37)43/h4-5,7,15-21,23,25-46H,2-3,6,8-14H2,1H3. The van der Waals surface area contributed by atoms with E-state index in [9.17, 15) is 0 Å². The van der Waals surface area contributed by atoms with Gasteiger partial charge in [0.15, 0.2) is 0 Å². The van der Waals surface area contributed by atoms with Gasteiger partial charge in [-0.1, -0.05) is 37.5 Å². The number of fused-ring (bicyclic) bond motifs is 1. The van der Waals surface area contributed by atoms with Crippen LogP contribution in [0.25, 0.3) is 0 Å². The molecular formula is C48H56S. The van der Waals surface area contributed by atoms with Crippen LogP contribution in [0.2, 0.25) is 0 Å². The molecule has 31 unspecified atom stereocenters. The zero-order valence-electron chi connectivity index (χ0n) is 29.5. The summed E-state index contributed by atoms with van der Waals surface area (Å²) in [6.07, 6.45) is 19.6. The molecule has 31 atom stereocenters. The minimum atomic E-state index is 0.513. The average Bonchev–Trinajstić information content (AvgIpc) is 3.88. The van der Waals surface area contributed by atoms with Crippen LogP contribution < -0.4 is 0 Å². The first kappa shape index (κ1) is 25.5. The maximum Gasteiger partial charge on any atom is 0.0184 e. The Balaban J connectivity index is 0.978. The van der Waals surface area contributed by atoms with Crippen LogP contribution in [-0.2, 0) is 5.41 Å². The number of allylic oxidation sites excluding steroid dienone is 2. The molecule has 254 valence electrons. The van der Waals surface area contributed by atoms with E-state index < -0.39 is 0 Å². The van der Waals surface area contributed by atoms with Gasteiger partial charge in [-0.25, -0.2) is 0 Å². The van der Waals surface area contributed by atoms with Crippen molar-refractivity contribution in [2.24, 2.45) is 177 Å². The molecule has 0 aliphatic heterocycles. The molecule has 0 nitrogen and oxygen atoms in total. The van der Waals surface area contributed by atoms with Crippen LogP contribution >= 0.6 is 11.3 Å². The fourth-order valence-electron chi connectivity index (χ4n) is 27.0. The minimum Gasteiger partial charge on any atom is -0.148 e. The summed E-state index contributed by atoms with van der Waals surface area (Å²) >= 11 is 2.23. The molecule has 17 aliphatic rings. The summed E-state index contributed by atoms with van der Waals surface area (Å²) < 4.78 is 0. The lowest BCUT2D eigenvalue weighted by molar-refractivity contribution is -0.151. The molecule has 0 radical (unpaired) electrons. The molecule has 17 aliphatic carbocycles. The van der Waals surface area contributed by atoms with Crippen LogP contribution in [-0.4, -0.2) is 0 Å². The first-order valence-electron chi connectivity index (χ1n) is 23.0. The Hall–Kier alpha value is -0.560. The SMILES string of the molecule is CCCCC1(c2cccs2)C2C3CC4CC5CC6CC7CC8CC9CC%10=CC21C1C%10C2C9C9C8C7C7C6C6C5C4C4C3C1C1C2C9C7C6C41. The zero-order valence-corrected chi connectivity index (χ0v) is 30.3. The Kier molecular flexibility index (Phi) is 3.73. The maximum atomic E-state index is 3.31. The van der Waals surface area contributed by atoms with Crippen LogP contribution in [0.1, 0.15) is 76.0 Å². The highest BCUT2D eigenvalue weighted by molar-refractivity contribution is 7.10. The Morgan fingerprint density at radius 3 is 1.76 bits per heavy atom. The molecule has 0 N–H and O–H groups in total. The number of thiophene rings is 1. The van der Waals surface area contributed by atoms with Gasteiger partial charge in [-0.05, 0) is 234 Å². The summed E-state index contributed by atoms with van der Waals surface area (Å²) in [5.41, 5.74) is 3.24. The van der Waals surface area contributed by atoms with Gasteiger partial charge in [-0.15, -0.1) is 11.3 Å². The molecular weight excluding hydrogens is 609 g/mol. The minimum absolute atomic E-state index is 0.513. The average molecular weight is 665 g/mol. The van der Waals surface area contributed by atoms with E-state index in [1.165, 1.54) is 126 Å². The predicted molar refractivity (Wildman–Crippen MR) is 190 cm³/mol. The predicted octanol–water partition coefficient (Wildman–Crippen LogP) is 9.92. The largest absolute Gasteiger partial charge is 0.148 e. The van der Waals surface area contributed by atoms with Gasteiger partial charge in [0.1, 0.15) is 0 Å². The highest BCUT2D eigenvalue weighted by Crippen LogP contribution is 2.97. The molecule has 49 heavy (non-hydrogen) atoms. The molecule has 1 heterocycles. The summed E-state index contributed by atoms with van der Waals surface area (Å²) in [5, 5.41) is 2.51. The van der Waals surface area contributed by atoms with Crippen molar-refractivity contribution in [1.29, 1.82) is 0 Å². The Bertz CT molecular complexity index is 1850. The molecule has 1 spiro atoms. The molecule has 0 amide bonds. The van der Waals surface area contributed by atoms with Gasteiger partial charge in [0.25, 0.3) is 0 Å². The van der Waals surface area contributed by atoms with Crippen molar-refractivity contribution in [2.75, 3.05) is 0 Å². The fourth-order valence-corrected chi connectivity index (χ4v) is 28.1. The van der Waals surface area contributed by atoms with Gasteiger partial charge >= 0.3 is 0 Å². The van der Waals surface area contributed by atoms with Crippen molar-refractivity contribution >= 4 is 11.3 Å². The van der Waals surface area contributed by atoms with Gasteiger partial charge in [-0.2, -0.15) is 0 Å². The summed E-state index contributed by atoms with van der Waals surface area (Å²) in [4.78, 5) is 1.89. The van der Waals surface area contributed by atoms with Crippen LogP contribution in [0.3, 0.4) is 0 Å². The summed E-state index contributed by atoms with van der Waals surface area (Å²) in [5.74, 6) is 34.1.